The van der Waals surface area contributed by atoms with Gasteiger partial charge in [-0.25, -0.2) is 14.1 Å². The van der Waals surface area contributed by atoms with Crippen LogP contribution in [-0.4, -0.2) is 37.7 Å². The molecule has 144 valence electrons. The maximum absolute atomic E-state index is 13.4. The smallest absolute Gasteiger partial charge is 0.294 e. The van der Waals surface area contributed by atoms with Gasteiger partial charge in [0.2, 0.25) is 5.82 Å². The summed E-state index contributed by atoms with van der Waals surface area (Å²) in [6, 6.07) is 9.99. The van der Waals surface area contributed by atoms with E-state index in [9.17, 15) is 9.18 Å². The van der Waals surface area contributed by atoms with Gasteiger partial charge in [0, 0.05) is 12.1 Å². The lowest BCUT2D eigenvalue weighted by molar-refractivity contribution is -0.0241. The number of hydrogen-bond donors (Lipinski definition) is 0. The van der Waals surface area contributed by atoms with Gasteiger partial charge in [0.1, 0.15) is 5.82 Å². The van der Waals surface area contributed by atoms with E-state index in [0.29, 0.717) is 11.5 Å². The molecule has 2 aromatic heterocycles. The first-order valence-corrected chi connectivity index (χ1v) is 10.6. The molecule has 1 saturated carbocycles. The molecular formula is C21H21FN4OS. The van der Waals surface area contributed by atoms with Crippen LogP contribution in [0.25, 0.3) is 16.4 Å². The largest absolute Gasteiger partial charge is 0.330 e. The molecule has 3 heterocycles. The van der Waals surface area contributed by atoms with Gasteiger partial charge in [-0.15, -0.1) is 16.4 Å². The van der Waals surface area contributed by atoms with Crippen molar-refractivity contribution in [1.82, 2.24) is 19.7 Å². The summed E-state index contributed by atoms with van der Waals surface area (Å²) in [6.07, 6.45) is 6.85. The second-order valence-electron chi connectivity index (χ2n) is 7.62. The Balaban J connectivity index is 1.53. The van der Waals surface area contributed by atoms with E-state index < -0.39 is 0 Å². The molecule has 28 heavy (non-hydrogen) atoms. The standard InChI is InChI=1S/C21H21FN4OS/c22-15-6-8-16(9-7-15)26-19(17-5-4-14-28-17)23-18(24-26)20(27)25-13-12-21(25)10-2-1-3-11-21/h4-9,14H,1-3,10-13H2. The summed E-state index contributed by atoms with van der Waals surface area (Å²) in [5, 5.41) is 6.51. The predicted octanol–water partition coefficient (Wildman–Crippen LogP) is 4.68. The van der Waals surface area contributed by atoms with Crippen LogP contribution in [-0.2, 0) is 0 Å². The quantitative estimate of drug-likeness (QED) is 0.646. The van der Waals surface area contributed by atoms with Gasteiger partial charge in [0.15, 0.2) is 5.82 Å². The molecular weight excluding hydrogens is 375 g/mol. The second-order valence-corrected chi connectivity index (χ2v) is 8.56. The minimum absolute atomic E-state index is 0.0137. The third-order valence-electron chi connectivity index (χ3n) is 6.01. The Morgan fingerprint density at radius 1 is 1.07 bits per heavy atom. The zero-order valence-corrected chi connectivity index (χ0v) is 16.3. The molecule has 1 spiro atoms. The summed E-state index contributed by atoms with van der Waals surface area (Å²) in [4.78, 5) is 20.8. The number of carbonyl (C=O) groups is 1. The summed E-state index contributed by atoms with van der Waals surface area (Å²) < 4.78 is 15.0. The van der Waals surface area contributed by atoms with Crippen molar-refractivity contribution in [1.29, 1.82) is 0 Å². The van der Waals surface area contributed by atoms with Crippen LogP contribution in [0.4, 0.5) is 4.39 Å². The number of hydrogen-bond acceptors (Lipinski definition) is 4. The number of aromatic nitrogens is 3. The maximum Gasteiger partial charge on any atom is 0.294 e. The molecule has 1 aliphatic heterocycles. The number of rotatable bonds is 3. The number of likely N-dealkylation sites (tertiary alicyclic amines) is 1. The first-order chi connectivity index (χ1) is 13.7. The van der Waals surface area contributed by atoms with Gasteiger partial charge in [-0.2, -0.15) is 0 Å². The van der Waals surface area contributed by atoms with Crippen molar-refractivity contribution in [3.05, 3.63) is 53.4 Å². The molecule has 0 N–H and O–H groups in total. The highest BCUT2D eigenvalue weighted by Gasteiger charge is 2.48. The minimum atomic E-state index is -0.308. The fourth-order valence-corrected chi connectivity index (χ4v) is 5.14. The number of nitrogens with zero attached hydrogens (tertiary/aromatic N) is 4. The Kier molecular flexibility index (Phi) is 4.27. The molecule has 1 aliphatic carbocycles. The average Bonchev–Trinajstić information content (AvgIpc) is 3.38. The van der Waals surface area contributed by atoms with Crippen molar-refractivity contribution in [3.8, 4) is 16.4 Å². The summed E-state index contributed by atoms with van der Waals surface area (Å²) >= 11 is 1.54. The van der Waals surface area contributed by atoms with E-state index >= 15 is 0 Å². The number of thiophene rings is 1. The van der Waals surface area contributed by atoms with Crippen LogP contribution in [0.3, 0.4) is 0 Å². The van der Waals surface area contributed by atoms with Crippen LogP contribution in [0.5, 0.6) is 0 Å². The molecule has 2 fully saturated rings. The van der Waals surface area contributed by atoms with E-state index in [0.717, 1.165) is 30.7 Å². The summed E-state index contributed by atoms with van der Waals surface area (Å²) in [7, 11) is 0. The van der Waals surface area contributed by atoms with Gasteiger partial charge in [-0.3, -0.25) is 4.79 Å². The molecule has 0 atom stereocenters. The highest BCUT2D eigenvalue weighted by atomic mass is 32.1. The predicted molar refractivity (Wildman–Crippen MR) is 106 cm³/mol. The van der Waals surface area contributed by atoms with Crippen molar-refractivity contribution < 1.29 is 9.18 Å². The van der Waals surface area contributed by atoms with Crippen LogP contribution in [0.2, 0.25) is 0 Å². The topological polar surface area (TPSA) is 51.0 Å². The van der Waals surface area contributed by atoms with E-state index in [1.807, 2.05) is 22.4 Å². The van der Waals surface area contributed by atoms with Gasteiger partial charge in [-0.05, 0) is 55.0 Å². The third kappa shape index (κ3) is 2.85. The first-order valence-electron chi connectivity index (χ1n) is 9.75. The molecule has 1 aromatic carbocycles. The molecule has 7 heteroatoms. The molecule has 0 radical (unpaired) electrons. The van der Waals surface area contributed by atoms with Crippen molar-refractivity contribution in [3.63, 3.8) is 0 Å². The molecule has 5 nitrogen and oxygen atoms in total. The molecule has 1 saturated heterocycles. The van der Waals surface area contributed by atoms with Crippen molar-refractivity contribution in [2.45, 2.75) is 44.1 Å². The molecule has 2 aliphatic rings. The van der Waals surface area contributed by atoms with Crippen LogP contribution in [0.1, 0.15) is 49.1 Å². The molecule has 0 bridgehead atoms. The average molecular weight is 396 g/mol. The highest BCUT2D eigenvalue weighted by molar-refractivity contribution is 7.13. The van der Waals surface area contributed by atoms with E-state index in [1.54, 1.807) is 28.2 Å². The van der Waals surface area contributed by atoms with Gasteiger partial charge in [0.25, 0.3) is 5.91 Å². The summed E-state index contributed by atoms with van der Waals surface area (Å²) in [5.41, 5.74) is 0.701. The first kappa shape index (κ1) is 17.6. The van der Waals surface area contributed by atoms with Crippen LogP contribution in [0.15, 0.2) is 41.8 Å². The van der Waals surface area contributed by atoms with E-state index in [4.69, 9.17) is 0 Å². The number of amides is 1. The van der Waals surface area contributed by atoms with Crippen molar-refractivity contribution in [2.75, 3.05) is 6.54 Å². The summed E-state index contributed by atoms with van der Waals surface area (Å²) in [5.74, 6) is 0.435. The number of halogens is 1. The van der Waals surface area contributed by atoms with Gasteiger partial charge >= 0.3 is 0 Å². The normalized spacial score (nSPS) is 18.2. The molecule has 1 amide bonds. The highest BCUT2D eigenvalue weighted by Crippen LogP contribution is 2.43. The Bertz CT molecular complexity index is 990. The van der Waals surface area contributed by atoms with Crippen LogP contribution >= 0.6 is 11.3 Å². The summed E-state index contributed by atoms with van der Waals surface area (Å²) in [6.45, 7) is 0.776. The van der Waals surface area contributed by atoms with Gasteiger partial charge in [-0.1, -0.05) is 25.3 Å². The second kappa shape index (κ2) is 6.81. The molecule has 3 aromatic rings. The van der Waals surface area contributed by atoms with Gasteiger partial charge in [0.05, 0.1) is 10.6 Å². The number of benzene rings is 1. The Morgan fingerprint density at radius 2 is 1.86 bits per heavy atom. The minimum Gasteiger partial charge on any atom is -0.330 e. The Morgan fingerprint density at radius 3 is 2.50 bits per heavy atom. The Hall–Kier alpha value is -2.54. The van der Waals surface area contributed by atoms with Crippen LogP contribution < -0.4 is 0 Å². The molecule has 5 rings (SSSR count). The monoisotopic (exact) mass is 396 g/mol. The Labute approximate surface area is 166 Å². The van der Waals surface area contributed by atoms with Crippen molar-refractivity contribution >= 4 is 17.2 Å². The third-order valence-corrected chi connectivity index (χ3v) is 6.88. The van der Waals surface area contributed by atoms with E-state index in [2.05, 4.69) is 10.1 Å². The van der Waals surface area contributed by atoms with Crippen LogP contribution in [0, 0.1) is 5.82 Å². The lowest BCUT2D eigenvalue weighted by Gasteiger charge is -2.54. The fourth-order valence-electron chi connectivity index (χ4n) is 4.44. The zero-order valence-electron chi connectivity index (χ0n) is 15.5. The lowest BCUT2D eigenvalue weighted by Crippen LogP contribution is -2.62. The zero-order chi connectivity index (χ0) is 19.1. The lowest BCUT2D eigenvalue weighted by atomic mass is 9.72. The van der Waals surface area contributed by atoms with E-state index in [-0.39, 0.29) is 23.1 Å². The maximum atomic E-state index is 13.4. The number of carbonyl (C=O) groups excluding carboxylic acids is 1. The molecule has 0 unspecified atom stereocenters. The fraction of sp³-hybridized carbons (Fsp3) is 0.381. The van der Waals surface area contributed by atoms with Gasteiger partial charge < -0.3 is 4.90 Å². The van der Waals surface area contributed by atoms with E-state index in [1.165, 1.54) is 31.4 Å². The van der Waals surface area contributed by atoms with Crippen molar-refractivity contribution in [2.24, 2.45) is 0 Å². The SMILES string of the molecule is O=C(c1nc(-c2cccs2)n(-c2ccc(F)cc2)n1)N1CCC12CCCCC2.